The SMILES string of the molecule is O=C(O)C(=O)O.[NH2][Nb]. The monoisotopic (exact) mass is 199 g/mol. The molecule has 0 aliphatic rings. The van der Waals surface area contributed by atoms with E-state index in [0.29, 0.717) is 0 Å². The van der Waals surface area contributed by atoms with Crippen LogP contribution >= 0.6 is 0 Å². The van der Waals surface area contributed by atoms with Crippen LogP contribution in [0, 0.1) is 0 Å². The first-order valence-corrected chi connectivity index (χ1v) is 2.63. The van der Waals surface area contributed by atoms with E-state index < -0.39 is 11.9 Å². The van der Waals surface area contributed by atoms with Crippen LogP contribution in [-0.2, 0) is 30.9 Å². The summed E-state index contributed by atoms with van der Waals surface area (Å²) in [4.78, 5) is 18.2. The predicted molar refractivity (Wildman–Crippen MR) is 19.5 cm³/mol. The first-order chi connectivity index (χ1) is 3.64. The third-order valence-corrected chi connectivity index (χ3v) is 0.183. The van der Waals surface area contributed by atoms with Gasteiger partial charge in [0.25, 0.3) is 0 Å². The summed E-state index contributed by atoms with van der Waals surface area (Å²) in [6, 6.07) is 0. The van der Waals surface area contributed by atoms with Gasteiger partial charge in [-0.3, -0.25) is 0 Å². The van der Waals surface area contributed by atoms with Crippen LogP contribution in [-0.4, -0.2) is 22.2 Å². The molecule has 0 saturated carbocycles. The topological polar surface area (TPSA) is 101 Å². The number of rotatable bonds is 0. The Labute approximate surface area is 57.7 Å². The van der Waals surface area contributed by atoms with E-state index in [1.54, 1.807) is 0 Å². The molecule has 8 heavy (non-hydrogen) atoms. The van der Waals surface area contributed by atoms with Crippen molar-refractivity contribution < 1.29 is 41.1 Å². The van der Waals surface area contributed by atoms with Gasteiger partial charge in [-0.15, -0.1) is 0 Å². The van der Waals surface area contributed by atoms with Crippen molar-refractivity contribution in [2.45, 2.75) is 0 Å². The second-order valence-electron chi connectivity index (χ2n) is 0.610. The molecule has 0 saturated heterocycles. The maximum absolute atomic E-state index is 9.10. The van der Waals surface area contributed by atoms with Gasteiger partial charge in [0.15, 0.2) is 0 Å². The molecular formula is C2H4NNbO4. The molecule has 0 fully saturated rings. The second kappa shape index (κ2) is 6.64. The second-order valence-corrected chi connectivity index (χ2v) is 0.610. The van der Waals surface area contributed by atoms with Crippen molar-refractivity contribution in [3.8, 4) is 0 Å². The van der Waals surface area contributed by atoms with E-state index in [2.05, 4.69) is 4.14 Å². The summed E-state index contributed by atoms with van der Waals surface area (Å²) >= 11 is 1.25. The number of carboxylic acids is 2. The maximum atomic E-state index is 9.10. The summed E-state index contributed by atoms with van der Waals surface area (Å²) in [5.41, 5.74) is 0. The van der Waals surface area contributed by atoms with Crippen LogP contribution in [0.25, 0.3) is 0 Å². The molecule has 0 aliphatic heterocycles. The first kappa shape index (κ1) is 10.6. The van der Waals surface area contributed by atoms with Gasteiger partial charge in [-0.2, -0.15) is 0 Å². The molecule has 46 valence electrons. The third-order valence-electron chi connectivity index (χ3n) is 0.183. The average molecular weight is 199 g/mol. The van der Waals surface area contributed by atoms with E-state index in [0.717, 1.165) is 0 Å². The third kappa shape index (κ3) is 9.16. The van der Waals surface area contributed by atoms with Gasteiger partial charge in [0.05, 0.1) is 0 Å². The van der Waals surface area contributed by atoms with Crippen LogP contribution in [0.15, 0.2) is 0 Å². The minimum atomic E-state index is -1.82. The molecule has 0 amide bonds. The van der Waals surface area contributed by atoms with Gasteiger partial charge in [-0.05, 0) is 0 Å². The number of carbonyl (C=O) groups is 2. The summed E-state index contributed by atoms with van der Waals surface area (Å²) in [5.74, 6) is -3.65. The van der Waals surface area contributed by atoms with E-state index in [-0.39, 0.29) is 0 Å². The molecule has 5 nitrogen and oxygen atoms in total. The van der Waals surface area contributed by atoms with Crippen LogP contribution in [0.1, 0.15) is 0 Å². The van der Waals surface area contributed by atoms with Crippen molar-refractivity contribution in [2.75, 3.05) is 0 Å². The van der Waals surface area contributed by atoms with Gasteiger partial charge in [-0.1, -0.05) is 0 Å². The Morgan fingerprint density at radius 1 is 1.12 bits per heavy atom. The van der Waals surface area contributed by atoms with Gasteiger partial charge in [-0.25, -0.2) is 9.59 Å². The summed E-state index contributed by atoms with van der Waals surface area (Å²) in [6.45, 7) is 0. The summed E-state index contributed by atoms with van der Waals surface area (Å²) < 4.78 is 4.55. The Hall–Kier alpha value is -0.360. The molecule has 0 unspecified atom stereocenters. The van der Waals surface area contributed by atoms with Crippen molar-refractivity contribution in [1.82, 2.24) is 0 Å². The summed E-state index contributed by atoms with van der Waals surface area (Å²) in [6.07, 6.45) is 0. The van der Waals surface area contributed by atoms with E-state index in [4.69, 9.17) is 19.8 Å². The molecular weight excluding hydrogens is 195 g/mol. The van der Waals surface area contributed by atoms with E-state index >= 15 is 0 Å². The molecule has 0 spiro atoms. The van der Waals surface area contributed by atoms with Gasteiger partial charge < -0.3 is 10.2 Å². The number of carboxylic acid groups (broad SMARTS) is 2. The average Bonchev–Trinajstić information content (AvgIpc) is 1.72. The van der Waals surface area contributed by atoms with E-state index in [1.807, 2.05) is 0 Å². The molecule has 0 aliphatic carbocycles. The Bertz CT molecular complexity index is 80.0. The predicted octanol–water partition coefficient (Wildman–Crippen LogP) is -1.44. The van der Waals surface area contributed by atoms with Crippen molar-refractivity contribution in [2.24, 2.45) is 4.14 Å². The van der Waals surface area contributed by atoms with E-state index in [9.17, 15) is 0 Å². The van der Waals surface area contributed by atoms with Crippen LogP contribution in [0.4, 0.5) is 0 Å². The number of nitrogens with two attached hydrogens (primary N) is 1. The van der Waals surface area contributed by atoms with Crippen LogP contribution in [0.2, 0.25) is 0 Å². The molecule has 0 rings (SSSR count). The molecule has 4 N–H and O–H groups in total. The van der Waals surface area contributed by atoms with Crippen LogP contribution in [0.3, 0.4) is 0 Å². The van der Waals surface area contributed by atoms with Crippen molar-refractivity contribution in [1.29, 1.82) is 0 Å². The molecule has 6 heteroatoms. The number of hydrogen-bond acceptors (Lipinski definition) is 3. The van der Waals surface area contributed by atoms with Gasteiger partial charge >= 0.3 is 37.4 Å². The van der Waals surface area contributed by atoms with Gasteiger partial charge in [0.1, 0.15) is 0 Å². The van der Waals surface area contributed by atoms with Crippen LogP contribution < -0.4 is 4.14 Å². The van der Waals surface area contributed by atoms with Crippen molar-refractivity contribution in [3.05, 3.63) is 0 Å². The number of hydrogen-bond donors (Lipinski definition) is 3. The summed E-state index contributed by atoms with van der Waals surface area (Å²) in [5, 5.41) is 14.8. The number of aliphatic carboxylic acids is 2. The fourth-order valence-electron chi connectivity index (χ4n) is 0. The molecule has 0 heterocycles. The summed E-state index contributed by atoms with van der Waals surface area (Å²) in [7, 11) is 0. The van der Waals surface area contributed by atoms with Crippen LogP contribution in [0.5, 0.6) is 0 Å². The zero-order valence-electron chi connectivity index (χ0n) is 3.74. The fourth-order valence-corrected chi connectivity index (χ4v) is 0. The van der Waals surface area contributed by atoms with Gasteiger partial charge in [0, 0.05) is 0 Å². The molecule has 0 radical (unpaired) electrons. The first-order valence-electron chi connectivity index (χ1n) is 1.36. The zero-order chi connectivity index (χ0) is 7.15. The molecule has 0 atom stereocenters. The fraction of sp³-hybridized carbons (Fsp3) is 0. The zero-order valence-corrected chi connectivity index (χ0v) is 5.93. The Morgan fingerprint density at radius 2 is 1.25 bits per heavy atom. The molecule has 0 aromatic carbocycles. The Kier molecular flexibility index (Phi) is 8.79. The molecule has 0 aromatic heterocycles. The Balaban J connectivity index is 0. The molecule has 0 bridgehead atoms. The van der Waals surface area contributed by atoms with Crippen molar-refractivity contribution >= 4 is 11.9 Å². The van der Waals surface area contributed by atoms with E-state index in [1.165, 1.54) is 21.3 Å². The normalized spacial score (nSPS) is 6.12. The van der Waals surface area contributed by atoms with Gasteiger partial charge in [0.2, 0.25) is 0 Å². The quantitative estimate of drug-likeness (QED) is 0.327. The minimum absolute atomic E-state index is 1.25. The molecule has 0 aromatic rings. The Morgan fingerprint density at radius 3 is 1.25 bits per heavy atom. The van der Waals surface area contributed by atoms with Crippen molar-refractivity contribution in [3.63, 3.8) is 0 Å². The standard InChI is InChI=1S/C2H2O4.H2N.Nb/c3-1(4)2(5)6;;/h(H,3,4)(H,5,6);1H2;/q;-1;+1.